The van der Waals surface area contributed by atoms with E-state index in [1.54, 1.807) is 0 Å². The lowest BCUT2D eigenvalue weighted by molar-refractivity contribution is -0.153. The summed E-state index contributed by atoms with van der Waals surface area (Å²) in [6, 6.07) is 0. The molecule has 1 fully saturated rings. The van der Waals surface area contributed by atoms with Gasteiger partial charge in [0.1, 0.15) is 0 Å². The molecule has 1 heterocycles. The van der Waals surface area contributed by atoms with Gasteiger partial charge >= 0.3 is 5.97 Å². The number of hydrogen-bond acceptors (Lipinski definition) is 3. The largest absolute Gasteiger partial charge is 0.465 e. The van der Waals surface area contributed by atoms with Crippen molar-refractivity contribution in [1.82, 2.24) is 0 Å². The number of ether oxygens (including phenoxy) is 2. The molecule has 1 aliphatic heterocycles. The zero-order chi connectivity index (χ0) is 9.68. The van der Waals surface area contributed by atoms with Crippen LogP contribution in [0.5, 0.6) is 0 Å². The van der Waals surface area contributed by atoms with Gasteiger partial charge in [-0.25, -0.2) is 0 Å². The van der Waals surface area contributed by atoms with Gasteiger partial charge < -0.3 is 9.47 Å². The van der Waals surface area contributed by atoms with Gasteiger partial charge in [-0.2, -0.15) is 0 Å². The highest BCUT2D eigenvalue weighted by Gasteiger charge is 2.23. The maximum Gasteiger partial charge on any atom is 0.311 e. The van der Waals surface area contributed by atoms with Crippen molar-refractivity contribution in [2.75, 3.05) is 19.8 Å². The minimum atomic E-state index is -0.0894. The molecule has 0 N–H and O–H groups in total. The first-order chi connectivity index (χ1) is 6.20. The Morgan fingerprint density at radius 2 is 2.38 bits per heavy atom. The summed E-state index contributed by atoms with van der Waals surface area (Å²) in [6.45, 7) is 5.91. The van der Waals surface area contributed by atoms with Crippen LogP contribution in [0, 0.1) is 11.8 Å². The summed E-state index contributed by atoms with van der Waals surface area (Å²) in [4.78, 5) is 11.4. The minimum Gasteiger partial charge on any atom is -0.465 e. The molecule has 0 aliphatic carbocycles. The highest BCUT2D eigenvalue weighted by Crippen LogP contribution is 2.15. The van der Waals surface area contributed by atoms with E-state index in [2.05, 4.69) is 0 Å². The molecule has 1 saturated heterocycles. The van der Waals surface area contributed by atoms with Crippen molar-refractivity contribution in [2.24, 2.45) is 11.8 Å². The number of rotatable bonds is 3. The molecule has 13 heavy (non-hydrogen) atoms. The van der Waals surface area contributed by atoms with Gasteiger partial charge in [-0.1, -0.05) is 13.8 Å². The smallest absolute Gasteiger partial charge is 0.311 e. The SMILES string of the molecule is CC(C)COC(=O)C1CCCOC1. The van der Waals surface area contributed by atoms with Crippen molar-refractivity contribution in [1.29, 1.82) is 0 Å². The number of hydrogen-bond donors (Lipinski definition) is 0. The Morgan fingerprint density at radius 1 is 1.62 bits per heavy atom. The molecular weight excluding hydrogens is 168 g/mol. The molecule has 1 atom stereocenters. The van der Waals surface area contributed by atoms with Gasteiger partial charge in [0.2, 0.25) is 0 Å². The first kappa shape index (κ1) is 10.5. The summed E-state index contributed by atoms with van der Waals surface area (Å²) >= 11 is 0. The number of carbonyl (C=O) groups excluding carboxylic acids is 1. The maximum atomic E-state index is 11.4. The lowest BCUT2D eigenvalue weighted by atomic mass is 10.0. The molecule has 3 nitrogen and oxygen atoms in total. The molecule has 0 saturated carbocycles. The first-order valence-electron chi connectivity index (χ1n) is 4.94. The maximum absolute atomic E-state index is 11.4. The van der Waals surface area contributed by atoms with Crippen LogP contribution in [0.15, 0.2) is 0 Å². The average Bonchev–Trinajstić information content (AvgIpc) is 2.15. The number of carbonyl (C=O) groups is 1. The van der Waals surface area contributed by atoms with Crippen molar-refractivity contribution >= 4 is 5.97 Å². The Morgan fingerprint density at radius 3 is 2.92 bits per heavy atom. The van der Waals surface area contributed by atoms with Crippen molar-refractivity contribution in [3.05, 3.63) is 0 Å². The lowest BCUT2D eigenvalue weighted by Gasteiger charge is -2.20. The highest BCUT2D eigenvalue weighted by molar-refractivity contribution is 5.72. The van der Waals surface area contributed by atoms with Crippen LogP contribution >= 0.6 is 0 Å². The van der Waals surface area contributed by atoms with Gasteiger partial charge in [0.05, 0.1) is 19.1 Å². The number of esters is 1. The van der Waals surface area contributed by atoms with E-state index in [0.29, 0.717) is 19.1 Å². The van der Waals surface area contributed by atoms with Crippen LogP contribution in [0.2, 0.25) is 0 Å². The van der Waals surface area contributed by atoms with Crippen molar-refractivity contribution in [2.45, 2.75) is 26.7 Å². The van der Waals surface area contributed by atoms with Crippen LogP contribution in [-0.4, -0.2) is 25.8 Å². The molecule has 3 heteroatoms. The van der Waals surface area contributed by atoms with E-state index < -0.39 is 0 Å². The molecule has 0 spiro atoms. The predicted octanol–water partition coefficient (Wildman–Crippen LogP) is 1.61. The van der Waals surface area contributed by atoms with E-state index in [0.717, 1.165) is 19.4 Å². The Kier molecular flexibility index (Phi) is 4.22. The fourth-order valence-electron chi connectivity index (χ4n) is 1.29. The Hall–Kier alpha value is -0.570. The summed E-state index contributed by atoms with van der Waals surface area (Å²) in [5, 5.41) is 0. The Balaban J connectivity index is 2.21. The van der Waals surface area contributed by atoms with Crippen LogP contribution in [-0.2, 0) is 14.3 Å². The summed E-state index contributed by atoms with van der Waals surface area (Å²) in [6.07, 6.45) is 1.89. The minimum absolute atomic E-state index is 0.0208. The van der Waals surface area contributed by atoms with Gasteiger partial charge in [-0.15, -0.1) is 0 Å². The average molecular weight is 186 g/mol. The Bertz CT molecular complexity index is 160. The molecule has 0 radical (unpaired) electrons. The molecule has 1 unspecified atom stereocenters. The first-order valence-corrected chi connectivity index (χ1v) is 4.94. The third-order valence-corrected chi connectivity index (χ3v) is 2.05. The topological polar surface area (TPSA) is 35.5 Å². The molecule has 1 rings (SSSR count). The van der Waals surface area contributed by atoms with E-state index in [1.165, 1.54) is 0 Å². The van der Waals surface area contributed by atoms with Crippen LogP contribution in [0.1, 0.15) is 26.7 Å². The summed E-state index contributed by atoms with van der Waals surface area (Å²) in [5.74, 6) is 0.300. The van der Waals surface area contributed by atoms with Crippen molar-refractivity contribution in [3.8, 4) is 0 Å². The highest BCUT2D eigenvalue weighted by atomic mass is 16.5. The van der Waals surface area contributed by atoms with Gasteiger partial charge in [-0.05, 0) is 18.8 Å². The van der Waals surface area contributed by atoms with Crippen LogP contribution < -0.4 is 0 Å². The van der Waals surface area contributed by atoms with Gasteiger partial charge in [0.25, 0.3) is 0 Å². The predicted molar refractivity (Wildman–Crippen MR) is 49.3 cm³/mol. The normalized spacial score (nSPS) is 23.2. The Labute approximate surface area is 79.4 Å². The van der Waals surface area contributed by atoms with Crippen LogP contribution in [0.3, 0.4) is 0 Å². The van der Waals surface area contributed by atoms with E-state index in [1.807, 2.05) is 13.8 Å². The molecule has 1 aliphatic rings. The van der Waals surface area contributed by atoms with Gasteiger partial charge in [0.15, 0.2) is 0 Å². The van der Waals surface area contributed by atoms with Crippen LogP contribution in [0.4, 0.5) is 0 Å². The second-order valence-electron chi connectivity index (χ2n) is 3.94. The molecule has 0 aromatic heterocycles. The molecule has 0 aromatic carbocycles. The van der Waals surface area contributed by atoms with Gasteiger partial charge in [0, 0.05) is 6.61 Å². The molecule has 0 bridgehead atoms. The lowest BCUT2D eigenvalue weighted by Crippen LogP contribution is -2.27. The van der Waals surface area contributed by atoms with Crippen LogP contribution in [0.25, 0.3) is 0 Å². The van der Waals surface area contributed by atoms with E-state index >= 15 is 0 Å². The molecule has 76 valence electrons. The second-order valence-corrected chi connectivity index (χ2v) is 3.94. The quantitative estimate of drug-likeness (QED) is 0.628. The molecular formula is C10H18O3. The fourth-order valence-corrected chi connectivity index (χ4v) is 1.29. The van der Waals surface area contributed by atoms with Crippen molar-refractivity contribution < 1.29 is 14.3 Å². The van der Waals surface area contributed by atoms with E-state index in [-0.39, 0.29) is 11.9 Å². The van der Waals surface area contributed by atoms with E-state index in [9.17, 15) is 4.79 Å². The summed E-state index contributed by atoms with van der Waals surface area (Å²) < 4.78 is 10.3. The third kappa shape index (κ3) is 3.77. The van der Waals surface area contributed by atoms with E-state index in [4.69, 9.17) is 9.47 Å². The summed E-state index contributed by atoms with van der Waals surface area (Å²) in [5.41, 5.74) is 0. The van der Waals surface area contributed by atoms with Crippen molar-refractivity contribution in [3.63, 3.8) is 0 Å². The zero-order valence-corrected chi connectivity index (χ0v) is 8.41. The third-order valence-electron chi connectivity index (χ3n) is 2.05. The monoisotopic (exact) mass is 186 g/mol. The molecule has 0 aromatic rings. The fraction of sp³-hybridized carbons (Fsp3) is 0.900. The zero-order valence-electron chi connectivity index (χ0n) is 8.41. The standard InChI is InChI=1S/C10H18O3/c1-8(2)6-13-10(11)9-4-3-5-12-7-9/h8-9H,3-7H2,1-2H3. The van der Waals surface area contributed by atoms with Gasteiger partial charge in [-0.3, -0.25) is 4.79 Å². The molecule has 0 amide bonds. The summed E-state index contributed by atoms with van der Waals surface area (Å²) in [7, 11) is 0. The second kappa shape index (κ2) is 5.22.